The molecule has 0 amide bonds. The van der Waals surface area contributed by atoms with Crippen LogP contribution in [0.25, 0.3) is 10.9 Å². The molecule has 0 radical (unpaired) electrons. The molecule has 2 nitrogen and oxygen atoms in total. The van der Waals surface area contributed by atoms with E-state index in [4.69, 9.17) is 11.6 Å². The molecule has 0 atom stereocenters. The number of carbonyl (C=O) groups is 1. The molecule has 16 heavy (non-hydrogen) atoms. The van der Waals surface area contributed by atoms with Crippen molar-refractivity contribution in [2.75, 3.05) is 0 Å². The Balaban J connectivity index is 2.78. The standard InChI is InChI=1S/C13H12ClNO/c1-8(2)13-5-9(7-16)11-6-10(14)3-4-12(11)15-13/h3-8H,1-2H3. The molecule has 0 bridgehead atoms. The maximum atomic E-state index is 11.0. The van der Waals surface area contributed by atoms with Gasteiger partial charge in [0.1, 0.15) is 0 Å². The van der Waals surface area contributed by atoms with Crippen LogP contribution in [0.5, 0.6) is 0 Å². The Morgan fingerprint density at radius 2 is 2.06 bits per heavy atom. The molecule has 0 N–H and O–H groups in total. The van der Waals surface area contributed by atoms with E-state index in [1.165, 1.54) is 0 Å². The van der Waals surface area contributed by atoms with Crippen LogP contribution in [0, 0.1) is 0 Å². The molecule has 0 saturated heterocycles. The van der Waals surface area contributed by atoms with Gasteiger partial charge in [0.15, 0.2) is 6.29 Å². The largest absolute Gasteiger partial charge is 0.298 e. The Kier molecular flexibility index (Phi) is 2.92. The number of hydrogen-bond acceptors (Lipinski definition) is 2. The number of aromatic nitrogens is 1. The molecule has 1 heterocycles. The molecule has 2 rings (SSSR count). The van der Waals surface area contributed by atoms with Crippen LogP contribution >= 0.6 is 11.6 Å². The summed E-state index contributed by atoms with van der Waals surface area (Å²) in [5.41, 5.74) is 2.39. The van der Waals surface area contributed by atoms with Gasteiger partial charge in [-0.05, 0) is 30.2 Å². The third kappa shape index (κ3) is 1.93. The first kappa shape index (κ1) is 11.1. The zero-order valence-electron chi connectivity index (χ0n) is 9.20. The van der Waals surface area contributed by atoms with E-state index in [0.717, 1.165) is 22.9 Å². The van der Waals surface area contributed by atoms with Crippen molar-refractivity contribution in [3.8, 4) is 0 Å². The van der Waals surface area contributed by atoms with Crippen LogP contribution in [0.4, 0.5) is 0 Å². The summed E-state index contributed by atoms with van der Waals surface area (Å²) < 4.78 is 0. The minimum atomic E-state index is 0.304. The fraction of sp³-hybridized carbons (Fsp3) is 0.231. The molecule has 0 spiro atoms. The highest BCUT2D eigenvalue weighted by Gasteiger charge is 2.08. The minimum Gasteiger partial charge on any atom is -0.298 e. The maximum Gasteiger partial charge on any atom is 0.150 e. The number of halogens is 1. The molecule has 2 aromatic rings. The lowest BCUT2D eigenvalue weighted by Crippen LogP contribution is -1.96. The van der Waals surface area contributed by atoms with Crippen LogP contribution in [0.1, 0.15) is 35.8 Å². The molecule has 0 saturated carbocycles. The molecule has 0 aliphatic rings. The van der Waals surface area contributed by atoms with Gasteiger partial charge >= 0.3 is 0 Å². The van der Waals surface area contributed by atoms with Crippen molar-refractivity contribution in [3.63, 3.8) is 0 Å². The zero-order valence-corrected chi connectivity index (χ0v) is 9.95. The summed E-state index contributed by atoms with van der Waals surface area (Å²) in [5, 5.41) is 1.43. The minimum absolute atomic E-state index is 0.304. The Bertz CT molecular complexity index is 549. The summed E-state index contributed by atoms with van der Waals surface area (Å²) in [7, 11) is 0. The van der Waals surface area contributed by atoms with Crippen LogP contribution in [-0.2, 0) is 0 Å². The number of carbonyl (C=O) groups excluding carboxylic acids is 1. The summed E-state index contributed by atoms with van der Waals surface area (Å²) >= 11 is 5.91. The number of pyridine rings is 1. The smallest absolute Gasteiger partial charge is 0.150 e. The highest BCUT2D eigenvalue weighted by atomic mass is 35.5. The van der Waals surface area contributed by atoms with Crippen molar-refractivity contribution < 1.29 is 4.79 Å². The predicted molar refractivity (Wildman–Crippen MR) is 66.2 cm³/mol. The monoisotopic (exact) mass is 233 g/mol. The van der Waals surface area contributed by atoms with Crippen molar-refractivity contribution in [3.05, 3.63) is 40.5 Å². The first-order valence-corrected chi connectivity index (χ1v) is 5.55. The van der Waals surface area contributed by atoms with E-state index in [2.05, 4.69) is 18.8 Å². The molecular formula is C13H12ClNO. The molecule has 0 aliphatic heterocycles. The average Bonchev–Trinajstić information content (AvgIpc) is 2.27. The van der Waals surface area contributed by atoms with Crippen molar-refractivity contribution in [1.82, 2.24) is 4.98 Å². The summed E-state index contributed by atoms with van der Waals surface area (Å²) in [5.74, 6) is 0.304. The molecule has 0 aliphatic carbocycles. The zero-order chi connectivity index (χ0) is 11.7. The van der Waals surface area contributed by atoms with E-state index in [0.29, 0.717) is 16.5 Å². The Hall–Kier alpha value is -1.41. The number of nitrogens with zero attached hydrogens (tertiary/aromatic N) is 1. The van der Waals surface area contributed by atoms with Crippen LogP contribution in [0.3, 0.4) is 0 Å². The Labute approximate surface area is 99.3 Å². The van der Waals surface area contributed by atoms with Crippen LogP contribution < -0.4 is 0 Å². The van der Waals surface area contributed by atoms with E-state index in [-0.39, 0.29) is 0 Å². The van der Waals surface area contributed by atoms with Crippen LogP contribution in [-0.4, -0.2) is 11.3 Å². The maximum absolute atomic E-state index is 11.0. The van der Waals surface area contributed by atoms with E-state index >= 15 is 0 Å². The second-order valence-electron chi connectivity index (χ2n) is 4.07. The van der Waals surface area contributed by atoms with Gasteiger partial charge in [0.05, 0.1) is 5.52 Å². The third-order valence-electron chi connectivity index (χ3n) is 2.54. The second kappa shape index (κ2) is 4.22. The van der Waals surface area contributed by atoms with Gasteiger partial charge in [-0.15, -0.1) is 0 Å². The number of aldehydes is 1. The van der Waals surface area contributed by atoms with Crippen LogP contribution in [0.2, 0.25) is 5.02 Å². The Morgan fingerprint density at radius 3 is 2.69 bits per heavy atom. The van der Waals surface area contributed by atoms with Crippen molar-refractivity contribution in [1.29, 1.82) is 0 Å². The highest BCUT2D eigenvalue weighted by Crippen LogP contribution is 2.24. The van der Waals surface area contributed by atoms with Crippen molar-refractivity contribution >= 4 is 28.8 Å². The molecular weight excluding hydrogens is 222 g/mol. The fourth-order valence-corrected chi connectivity index (χ4v) is 1.81. The summed E-state index contributed by atoms with van der Waals surface area (Å²) in [6.07, 6.45) is 0.853. The van der Waals surface area contributed by atoms with Crippen molar-refractivity contribution in [2.24, 2.45) is 0 Å². The number of rotatable bonds is 2. The van der Waals surface area contributed by atoms with Gasteiger partial charge in [-0.2, -0.15) is 0 Å². The SMILES string of the molecule is CC(C)c1cc(C=O)c2cc(Cl)ccc2n1. The average molecular weight is 234 g/mol. The number of benzene rings is 1. The van der Waals surface area contributed by atoms with Gasteiger partial charge in [-0.3, -0.25) is 9.78 Å². The predicted octanol–water partition coefficient (Wildman–Crippen LogP) is 3.82. The van der Waals surface area contributed by atoms with Crippen molar-refractivity contribution in [2.45, 2.75) is 19.8 Å². The van der Waals surface area contributed by atoms with E-state index in [9.17, 15) is 4.79 Å². The first-order valence-electron chi connectivity index (χ1n) is 5.17. The fourth-order valence-electron chi connectivity index (χ4n) is 1.64. The van der Waals surface area contributed by atoms with Gasteiger partial charge in [0.25, 0.3) is 0 Å². The molecule has 82 valence electrons. The Morgan fingerprint density at radius 1 is 1.31 bits per heavy atom. The lowest BCUT2D eigenvalue weighted by atomic mass is 10.0. The number of fused-ring (bicyclic) bond motifs is 1. The normalized spacial score (nSPS) is 11.0. The quantitative estimate of drug-likeness (QED) is 0.738. The van der Waals surface area contributed by atoms with Gasteiger partial charge in [0, 0.05) is 21.7 Å². The van der Waals surface area contributed by atoms with Gasteiger partial charge < -0.3 is 0 Å². The second-order valence-corrected chi connectivity index (χ2v) is 4.51. The summed E-state index contributed by atoms with van der Waals surface area (Å²) in [4.78, 5) is 15.5. The third-order valence-corrected chi connectivity index (χ3v) is 2.78. The number of hydrogen-bond donors (Lipinski definition) is 0. The molecule has 3 heteroatoms. The summed E-state index contributed by atoms with van der Waals surface area (Å²) in [6, 6.07) is 7.24. The molecule has 0 fully saturated rings. The van der Waals surface area contributed by atoms with E-state index < -0.39 is 0 Å². The van der Waals surface area contributed by atoms with Gasteiger partial charge in [0.2, 0.25) is 0 Å². The molecule has 1 aromatic carbocycles. The first-order chi connectivity index (χ1) is 7.61. The molecule has 0 unspecified atom stereocenters. The lowest BCUT2D eigenvalue weighted by molar-refractivity contribution is 0.112. The van der Waals surface area contributed by atoms with E-state index in [1.807, 2.05) is 12.1 Å². The topological polar surface area (TPSA) is 30.0 Å². The van der Waals surface area contributed by atoms with Crippen LogP contribution in [0.15, 0.2) is 24.3 Å². The highest BCUT2D eigenvalue weighted by molar-refractivity contribution is 6.31. The van der Waals surface area contributed by atoms with E-state index in [1.54, 1.807) is 12.1 Å². The lowest BCUT2D eigenvalue weighted by Gasteiger charge is -2.08. The summed E-state index contributed by atoms with van der Waals surface area (Å²) in [6.45, 7) is 4.11. The van der Waals surface area contributed by atoms with Gasteiger partial charge in [-0.25, -0.2) is 0 Å². The molecule has 1 aromatic heterocycles. The van der Waals surface area contributed by atoms with Gasteiger partial charge in [-0.1, -0.05) is 25.4 Å².